The van der Waals surface area contributed by atoms with Gasteiger partial charge in [0.25, 0.3) is 0 Å². The summed E-state index contributed by atoms with van der Waals surface area (Å²) in [5, 5.41) is 9.27. The smallest absolute Gasteiger partial charge is 0.308 e. The molecule has 0 amide bonds. The number of hydrogen-bond acceptors (Lipinski definition) is 3. The molecule has 0 spiro atoms. The first-order valence-electron chi connectivity index (χ1n) is 6.56. The Morgan fingerprint density at radius 2 is 1.89 bits per heavy atom. The minimum atomic E-state index is -0.673. The number of aliphatic carboxylic acids is 1. The van der Waals surface area contributed by atoms with Gasteiger partial charge in [-0.2, -0.15) is 0 Å². The molecule has 1 aromatic carbocycles. The van der Waals surface area contributed by atoms with Gasteiger partial charge in [0.1, 0.15) is 0 Å². The summed E-state index contributed by atoms with van der Waals surface area (Å²) in [4.78, 5) is 11.3. The van der Waals surface area contributed by atoms with Gasteiger partial charge in [0.15, 0.2) is 0 Å². The Labute approximate surface area is 119 Å². The minimum Gasteiger partial charge on any atom is -0.481 e. The van der Waals surface area contributed by atoms with Gasteiger partial charge < -0.3 is 5.11 Å². The fourth-order valence-corrected chi connectivity index (χ4v) is 3.37. The molecule has 1 aliphatic carbocycles. The molecule has 0 aromatic heterocycles. The lowest BCUT2D eigenvalue weighted by molar-refractivity contribution is -0.144. The molecule has 104 valence electrons. The summed E-state index contributed by atoms with van der Waals surface area (Å²) in [6.45, 7) is 0. The van der Waals surface area contributed by atoms with Crippen molar-refractivity contribution in [1.29, 1.82) is 0 Å². The fourth-order valence-electron chi connectivity index (χ4n) is 3.37. The molecular weight excluding hydrogens is 264 g/mol. The second-order valence-electron chi connectivity index (χ2n) is 5.24. The number of carboxylic acid groups (broad SMARTS) is 1. The summed E-state index contributed by atoms with van der Waals surface area (Å²) in [6.07, 6.45) is 2.88. The van der Waals surface area contributed by atoms with Crippen molar-refractivity contribution in [2.75, 3.05) is 0 Å². The lowest BCUT2D eigenvalue weighted by Gasteiger charge is -2.32. The van der Waals surface area contributed by atoms with Crippen LogP contribution in [0.5, 0.6) is 0 Å². The first-order valence-corrected chi connectivity index (χ1v) is 6.56. The molecule has 3 rings (SSSR count). The monoisotopic (exact) mass is 282 g/mol. The van der Waals surface area contributed by atoms with E-state index in [1.54, 1.807) is 0 Å². The summed E-state index contributed by atoms with van der Waals surface area (Å²) in [5.41, 5.74) is 7.73. The van der Waals surface area contributed by atoms with Crippen LogP contribution in [0.3, 0.4) is 0 Å². The van der Waals surface area contributed by atoms with Crippen LogP contribution in [0.1, 0.15) is 30.9 Å². The molecule has 1 aromatic rings. The molecule has 4 atom stereocenters. The predicted molar refractivity (Wildman–Crippen MR) is 75.0 cm³/mol. The van der Waals surface area contributed by atoms with Crippen molar-refractivity contribution >= 4 is 18.4 Å². The maximum atomic E-state index is 11.3. The number of benzene rings is 1. The number of carboxylic acids is 1. The minimum absolute atomic E-state index is 0. The molecule has 4 nitrogen and oxygen atoms in total. The summed E-state index contributed by atoms with van der Waals surface area (Å²) >= 11 is 0. The zero-order valence-corrected chi connectivity index (χ0v) is 11.4. The van der Waals surface area contributed by atoms with E-state index in [1.165, 1.54) is 5.56 Å². The summed E-state index contributed by atoms with van der Waals surface area (Å²) < 4.78 is 0. The molecule has 1 saturated carbocycles. The SMILES string of the molecule is Cl.O=C(O)C1CCCC2C(c3ccccc3)NNC12. The largest absolute Gasteiger partial charge is 0.481 e. The van der Waals surface area contributed by atoms with Crippen molar-refractivity contribution in [2.24, 2.45) is 11.8 Å². The van der Waals surface area contributed by atoms with Crippen molar-refractivity contribution in [3.8, 4) is 0 Å². The van der Waals surface area contributed by atoms with Crippen molar-refractivity contribution in [3.05, 3.63) is 35.9 Å². The van der Waals surface area contributed by atoms with Crippen molar-refractivity contribution in [3.63, 3.8) is 0 Å². The molecular formula is C14H19ClN2O2. The molecule has 2 aliphatic rings. The van der Waals surface area contributed by atoms with E-state index in [2.05, 4.69) is 23.0 Å². The van der Waals surface area contributed by atoms with Crippen LogP contribution in [0.4, 0.5) is 0 Å². The molecule has 0 radical (unpaired) electrons. The normalized spacial score (nSPS) is 33.3. The predicted octanol–water partition coefficient (Wildman–Crippen LogP) is 2.13. The molecule has 1 aliphatic heterocycles. The molecule has 3 N–H and O–H groups in total. The van der Waals surface area contributed by atoms with Crippen molar-refractivity contribution < 1.29 is 9.90 Å². The van der Waals surface area contributed by atoms with Gasteiger partial charge in [0.05, 0.1) is 12.0 Å². The number of nitrogens with one attached hydrogen (secondary N) is 2. The third-order valence-corrected chi connectivity index (χ3v) is 4.26. The van der Waals surface area contributed by atoms with E-state index in [9.17, 15) is 9.90 Å². The number of carbonyl (C=O) groups is 1. The number of halogens is 1. The number of hydrazine groups is 1. The van der Waals surface area contributed by atoms with Gasteiger partial charge in [-0.05, 0) is 24.3 Å². The number of rotatable bonds is 2. The maximum absolute atomic E-state index is 11.3. The van der Waals surface area contributed by atoms with E-state index >= 15 is 0 Å². The summed E-state index contributed by atoms with van der Waals surface area (Å²) in [6, 6.07) is 10.6. The zero-order chi connectivity index (χ0) is 12.5. The topological polar surface area (TPSA) is 61.4 Å². The Balaban J connectivity index is 0.00000133. The van der Waals surface area contributed by atoms with E-state index in [4.69, 9.17) is 0 Å². The molecule has 1 saturated heterocycles. The second kappa shape index (κ2) is 5.90. The van der Waals surface area contributed by atoms with E-state index in [1.807, 2.05) is 18.2 Å². The lowest BCUT2D eigenvalue weighted by Crippen LogP contribution is -2.43. The van der Waals surface area contributed by atoms with Crippen LogP contribution in [-0.2, 0) is 4.79 Å². The van der Waals surface area contributed by atoms with E-state index in [-0.39, 0.29) is 30.4 Å². The van der Waals surface area contributed by atoms with Crippen LogP contribution >= 0.6 is 12.4 Å². The number of hydrogen-bond donors (Lipinski definition) is 3. The first-order chi connectivity index (χ1) is 8.77. The quantitative estimate of drug-likeness (QED) is 0.778. The Morgan fingerprint density at radius 3 is 2.58 bits per heavy atom. The van der Waals surface area contributed by atoms with Gasteiger partial charge in [-0.15, -0.1) is 12.4 Å². The summed E-state index contributed by atoms with van der Waals surface area (Å²) in [7, 11) is 0. The molecule has 0 bridgehead atoms. The van der Waals surface area contributed by atoms with Gasteiger partial charge in [0, 0.05) is 6.04 Å². The first kappa shape index (κ1) is 14.3. The highest BCUT2D eigenvalue weighted by Gasteiger charge is 2.45. The van der Waals surface area contributed by atoms with Crippen LogP contribution in [0, 0.1) is 11.8 Å². The fraction of sp³-hybridized carbons (Fsp3) is 0.500. The molecule has 4 unspecified atom stereocenters. The van der Waals surface area contributed by atoms with Crippen LogP contribution < -0.4 is 10.9 Å². The Hall–Kier alpha value is -1.10. The third-order valence-electron chi connectivity index (χ3n) is 4.26. The van der Waals surface area contributed by atoms with Crippen LogP contribution in [0.25, 0.3) is 0 Å². The van der Waals surface area contributed by atoms with E-state index < -0.39 is 5.97 Å². The lowest BCUT2D eigenvalue weighted by atomic mass is 9.74. The standard InChI is InChI=1S/C14H18N2O2.ClH/c17-14(18)11-8-4-7-10-12(15-16-13(10)11)9-5-2-1-3-6-9;/h1-3,5-6,10-13,15-16H,4,7-8H2,(H,17,18);1H. The van der Waals surface area contributed by atoms with E-state index in [0.29, 0.717) is 5.92 Å². The van der Waals surface area contributed by atoms with Crippen LogP contribution in [0.2, 0.25) is 0 Å². The molecule has 1 heterocycles. The highest BCUT2D eigenvalue weighted by Crippen LogP contribution is 2.40. The second-order valence-corrected chi connectivity index (χ2v) is 5.24. The Morgan fingerprint density at radius 1 is 1.16 bits per heavy atom. The highest BCUT2D eigenvalue weighted by molar-refractivity contribution is 5.85. The highest BCUT2D eigenvalue weighted by atomic mass is 35.5. The van der Waals surface area contributed by atoms with Gasteiger partial charge in [0.2, 0.25) is 0 Å². The van der Waals surface area contributed by atoms with Crippen molar-refractivity contribution in [2.45, 2.75) is 31.3 Å². The van der Waals surface area contributed by atoms with Gasteiger partial charge in [-0.25, -0.2) is 5.43 Å². The van der Waals surface area contributed by atoms with E-state index in [0.717, 1.165) is 19.3 Å². The zero-order valence-electron chi connectivity index (χ0n) is 10.6. The van der Waals surface area contributed by atoms with Gasteiger partial charge in [-0.3, -0.25) is 10.2 Å². The average Bonchev–Trinajstić information content (AvgIpc) is 2.83. The average molecular weight is 283 g/mol. The van der Waals surface area contributed by atoms with Gasteiger partial charge >= 0.3 is 5.97 Å². The molecule has 5 heteroatoms. The van der Waals surface area contributed by atoms with Crippen molar-refractivity contribution in [1.82, 2.24) is 10.9 Å². The Kier molecular flexibility index (Phi) is 4.45. The molecule has 2 fully saturated rings. The number of fused-ring (bicyclic) bond motifs is 1. The maximum Gasteiger partial charge on any atom is 0.308 e. The summed E-state index contributed by atoms with van der Waals surface area (Å²) in [5.74, 6) is -0.556. The Bertz CT molecular complexity index is 440. The van der Waals surface area contributed by atoms with Crippen LogP contribution in [-0.4, -0.2) is 17.1 Å². The van der Waals surface area contributed by atoms with Crippen LogP contribution in [0.15, 0.2) is 30.3 Å². The van der Waals surface area contributed by atoms with Gasteiger partial charge in [-0.1, -0.05) is 36.8 Å². The molecule has 19 heavy (non-hydrogen) atoms. The third kappa shape index (κ3) is 2.61.